The van der Waals surface area contributed by atoms with Gasteiger partial charge in [0.1, 0.15) is 13.2 Å². The molecule has 4 rings (SSSR count). The lowest BCUT2D eigenvalue weighted by molar-refractivity contribution is -0.127. The van der Waals surface area contributed by atoms with Crippen molar-refractivity contribution in [3.05, 3.63) is 23.8 Å². The van der Waals surface area contributed by atoms with Crippen molar-refractivity contribution in [3.8, 4) is 11.5 Å². The lowest BCUT2D eigenvalue weighted by Gasteiger charge is -2.35. The van der Waals surface area contributed by atoms with Crippen LogP contribution in [0.5, 0.6) is 11.5 Å². The van der Waals surface area contributed by atoms with E-state index in [-0.39, 0.29) is 18.0 Å². The van der Waals surface area contributed by atoms with Crippen molar-refractivity contribution in [1.29, 1.82) is 0 Å². The first kappa shape index (κ1) is 18.9. The van der Waals surface area contributed by atoms with Crippen molar-refractivity contribution in [2.24, 2.45) is 0 Å². The molecule has 1 saturated carbocycles. The summed E-state index contributed by atoms with van der Waals surface area (Å²) in [6.07, 6.45) is 4.98. The lowest BCUT2D eigenvalue weighted by atomic mass is 9.77. The first-order valence-corrected chi connectivity index (χ1v) is 10.2. The number of likely N-dealkylation sites (tertiary alicyclic amines) is 1. The molecule has 1 saturated heterocycles. The molecule has 7 heteroatoms. The molecule has 2 amide bonds. The summed E-state index contributed by atoms with van der Waals surface area (Å²) in [5.41, 5.74) is 0.508. The fourth-order valence-corrected chi connectivity index (χ4v) is 4.63. The Morgan fingerprint density at radius 2 is 1.79 bits per heavy atom. The van der Waals surface area contributed by atoms with Gasteiger partial charge in [0.25, 0.3) is 0 Å². The van der Waals surface area contributed by atoms with E-state index in [4.69, 9.17) is 14.2 Å². The SMILES string of the molecule is COC(=O)N1CCC(NC(=O)C2(c3ccc4c(c3)OCCO4)CCCC2)CC1. The van der Waals surface area contributed by atoms with Crippen molar-refractivity contribution in [2.45, 2.75) is 50.0 Å². The van der Waals surface area contributed by atoms with E-state index in [9.17, 15) is 9.59 Å². The van der Waals surface area contributed by atoms with Crippen molar-refractivity contribution in [3.63, 3.8) is 0 Å². The Morgan fingerprint density at radius 3 is 2.46 bits per heavy atom. The Morgan fingerprint density at radius 1 is 1.11 bits per heavy atom. The van der Waals surface area contributed by atoms with Crippen LogP contribution in [-0.2, 0) is 14.9 Å². The number of carbonyl (C=O) groups is 2. The van der Waals surface area contributed by atoms with Crippen LogP contribution >= 0.6 is 0 Å². The highest BCUT2D eigenvalue weighted by molar-refractivity contribution is 5.89. The van der Waals surface area contributed by atoms with Crippen LogP contribution in [0.25, 0.3) is 0 Å². The number of hydrogen-bond acceptors (Lipinski definition) is 5. The molecule has 0 bridgehead atoms. The monoisotopic (exact) mass is 388 g/mol. The maximum Gasteiger partial charge on any atom is 0.409 e. The average Bonchev–Trinajstić information content (AvgIpc) is 3.25. The van der Waals surface area contributed by atoms with Gasteiger partial charge in [-0.05, 0) is 43.4 Å². The number of amides is 2. The fourth-order valence-electron chi connectivity index (χ4n) is 4.63. The topological polar surface area (TPSA) is 77.1 Å². The smallest absolute Gasteiger partial charge is 0.409 e. The minimum atomic E-state index is -0.505. The minimum Gasteiger partial charge on any atom is -0.486 e. The quantitative estimate of drug-likeness (QED) is 0.861. The second-order valence-corrected chi connectivity index (χ2v) is 7.85. The van der Waals surface area contributed by atoms with Gasteiger partial charge in [-0.2, -0.15) is 0 Å². The molecule has 0 spiro atoms. The molecular formula is C21H28N2O5. The Kier molecular flexibility index (Phi) is 5.33. The van der Waals surface area contributed by atoms with E-state index in [0.29, 0.717) is 26.3 Å². The Hall–Kier alpha value is -2.44. The number of carbonyl (C=O) groups excluding carboxylic acids is 2. The van der Waals surface area contributed by atoms with Crippen LogP contribution in [0.2, 0.25) is 0 Å². The number of rotatable bonds is 3. The molecule has 152 valence electrons. The molecule has 28 heavy (non-hydrogen) atoms. The summed E-state index contributed by atoms with van der Waals surface area (Å²) in [6.45, 7) is 2.31. The molecule has 1 N–H and O–H groups in total. The minimum absolute atomic E-state index is 0.0862. The van der Waals surface area contributed by atoms with Crippen LogP contribution in [-0.4, -0.2) is 56.4 Å². The van der Waals surface area contributed by atoms with Gasteiger partial charge in [0.05, 0.1) is 12.5 Å². The Bertz CT molecular complexity index is 736. The van der Waals surface area contributed by atoms with Crippen molar-refractivity contribution in [2.75, 3.05) is 33.4 Å². The van der Waals surface area contributed by atoms with E-state index in [0.717, 1.165) is 55.6 Å². The van der Waals surface area contributed by atoms with Gasteiger partial charge in [-0.1, -0.05) is 18.9 Å². The first-order valence-electron chi connectivity index (χ1n) is 10.2. The number of ether oxygens (including phenoxy) is 3. The normalized spacial score (nSPS) is 21.2. The molecule has 3 aliphatic rings. The number of nitrogens with zero attached hydrogens (tertiary/aromatic N) is 1. The van der Waals surface area contributed by atoms with E-state index in [1.807, 2.05) is 18.2 Å². The summed E-state index contributed by atoms with van der Waals surface area (Å²) in [4.78, 5) is 26.7. The molecule has 1 aliphatic carbocycles. The predicted molar refractivity (Wildman–Crippen MR) is 103 cm³/mol. The zero-order valence-electron chi connectivity index (χ0n) is 16.4. The molecule has 0 atom stereocenters. The van der Waals surface area contributed by atoms with Gasteiger partial charge >= 0.3 is 6.09 Å². The van der Waals surface area contributed by atoms with Gasteiger partial charge in [0.2, 0.25) is 5.91 Å². The van der Waals surface area contributed by atoms with Gasteiger partial charge < -0.3 is 24.4 Å². The van der Waals surface area contributed by atoms with E-state index in [2.05, 4.69) is 5.32 Å². The maximum atomic E-state index is 13.4. The number of fused-ring (bicyclic) bond motifs is 1. The first-order chi connectivity index (χ1) is 13.6. The zero-order chi connectivity index (χ0) is 19.6. The molecule has 0 radical (unpaired) electrons. The third-order valence-corrected chi connectivity index (χ3v) is 6.25. The second-order valence-electron chi connectivity index (χ2n) is 7.85. The molecule has 1 aromatic carbocycles. The molecule has 1 aromatic rings. The van der Waals surface area contributed by atoms with Crippen molar-refractivity contribution in [1.82, 2.24) is 10.2 Å². The highest BCUT2D eigenvalue weighted by Crippen LogP contribution is 2.44. The largest absolute Gasteiger partial charge is 0.486 e. The third kappa shape index (κ3) is 3.50. The fraction of sp³-hybridized carbons (Fsp3) is 0.619. The van der Waals surface area contributed by atoms with Crippen LogP contribution < -0.4 is 14.8 Å². The number of piperidine rings is 1. The van der Waals surface area contributed by atoms with Crippen LogP contribution in [0.1, 0.15) is 44.1 Å². The van der Waals surface area contributed by atoms with Crippen LogP contribution in [0.4, 0.5) is 4.79 Å². The van der Waals surface area contributed by atoms with Gasteiger partial charge in [-0.25, -0.2) is 4.79 Å². The number of methoxy groups -OCH3 is 1. The Balaban J connectivity index is 1.47. The summed E-state index contributed by atoms with van der Waals surface area (Å²) in [6, 6.07) is 6.01. The summed E-state index contributed by atoms with van der Waals surface area (Å²) in [7, 11) is 1.40. The molecule has 2 aliphatic heterocycles. The highest BCUT2D eigenvalue weighted by Gasteiger charge is 2.44. The van der Waals surface area contributed by atoms with E-state index in [1.165, 1.54) is 7.11 Å². The maximum absolute atomic E-state index is 13.4. The third-order valence-electron chi connectivity index (χ3n) is 6.25. The lowest BCUT2D eigenvalue weighted by Crippen LogP contribution is -2.51. The number of hydrogen-bond donors (Lipinski definition) is 1. The van der Waals surface area contributed by atoms with Gasteiger partial charge in [0, 0.05) is 19.1 Å². The van der Waals surface area contributed by atoms with E-state index in [1.54, 1.807) is 4.90 Å². The molecule has 0 aromatic heterocycles. The standard InChI is InChI=1S/C21H28N2O5/c1-26-20(25)23-10-6-16(7-11-23)22-19(24)21(8-2-3-9-21)15-4-5-17-18(14-15)28-13-12-27-17/h4-5,14,16H,2-3,6-13H2,1H3,(H,22,24). The summed E-state index contributed by atoms with van der Waals surface area (Å²) in [5.74, 6) is 1.58. The van der Waals surface area contributed by atoms with Crippen molar-refractivity contribution < 1.29 is 23.8 Å². The van der Waals surface area contributed by atoms with Crippen LogP contribution in [0, 0.1) is 0 Å². The molecular weight excluding hydrogens is 360 g/mol. The van der Waals surface area contributed by atoms with Gasteiger partial charge in [0.15, 0.2) is 11.5 Å². The highest BCUT2D eigenvalue weighted by atomic mass is 16.6. The average molecular weight is 388 g/mol. The molecule has 7 nitrogen and oxygen atoms in total. The second kappa shape index (κ2) is 7.89. The van der Waals surface area contributed by atoms with E-state index >= 15 is 0 Å². The Labute approximate surface area is 165 Å². The molecule has 2 heterocycles. The van der Waals surface area contributed by atoms with Crippen LogP contribution in [0.15, 0.2) is 18.2 Å². The number of benzene rings is 1. The molecule has 0 unspecified atom stereocenters. The molecule has 2 fully saturated rings. The van der Waals surface area contributed by atoms with Gasteiger partial charge in [-0.15, -0.1) is 0 Å². The summed E-state index contributed by atoms with van der Waals surface area (Å²) < 4.78 is 16.1. The summed E-state index contributed by atoms with van der Waals surface area (Å²) >= 11 is 0. The summed E-state index contributed by atoms with van der Waals surface area (Å²) in [5, 5.41) is 3.27. The number of nitrogens with one attached hydrogen (secondary N) is 1. The predicted octanol–water partition coefficient (Wildman–Crippen LogP) is 2.62. The van der Waals surface area contributed by atoms with Crippen LogP contribution in [0.3, 0.4) is 0 Å². The van der Waals surface area contributed by atoms with E-state index < -0.39 is 5.41 Å². The van der Waals surface area contributed by atoms with Gasteiger partial charge in [-0.3, -0.25) is 4.79 Å². The zero-order valence-corrected chi connectivity index (χ0v) is 16.4. The van der Waals surface area contributed by atoms with Crippen molar-refractivity contribution >= 4 is 12.0 Å².